The Kier molecular flexibility index (Phi) is 6.50. The van der Waals surface area contributed by atoms with E-state index in [9.17, 15) is 4.79 Å². The van der Waals surface area contributed by atoms with Crippen molar-refractivity contribution in [3.63, 3.8) is 0 Å². The number of rotatable bonds is 3. The lowest BCUT2D eigenvalue weighted by Crippen LogP contribution is -2.28. The van der Waals surface area contributed by atoms with E-state index >= 15 is 0 Å². The molecule has 3 aromatic rings. The molecule has 1 aliphatic carbocycles. The fraction of sp³-hybridized carbons (Fsp3) is 0.276. The minimum Gasteiger partial charge on any atom is -0.289 e. The summed E-state index contributed by atoms with van der Waals surface area (Å²) in [5.41, 5.74) is 3.35. The molecule has 34 heavy (non-hydrogen) atoms. The molecule has 0 atom stereocenters. The first kappa shape index (κ1) is 24.3. The summed E-state index contributed by atoms with van der Waals surface area (Å²) in [5.74, 6) is 0.106. The molecule has 0 radical (unpaired) electrons. The van der Waals surface area contributed by atoms with Crippen molar-refractivity contribution in [2.45, 2.75) is 41.5 Å². The Morgan fingerprint density at radius 1 is 0.853 bits per heavy atom. The lowest BCUT2D eigenvalue weighted by atomic mass is 9.71. The molecular formula is C29H29ClN2OS. The van der Waals surface area contributed by atoms with E-state index in [0.717, 1.165) is 38.4 Å². The van der Waals surface area contributed by atoms with Crippen molar-refractivity contribution in [3.8, 4) is 0 Å². The molecule has 0 spiro atoms. The molecule has 5 heteroatoms. The standard InChI is InChI=1S/C29H29ClN2OS/c1-28(2,3)22-15-19(16-23(27(22)33)29(4,5)6)26(32-31-21-13-11-20(30)12-14-21)25-17-18-9-7-8-10-24(18)34-25/h7-17H,1-6H3. The zero-order valence-corrected chi connectivity index (χ0v) is 22.0. The fourth-order valence-electron chi connectivity index (χ4n) is 3.84. The second-order valence-corrected chi connectivity index (χ2v) is 12.1. The fourth-order valence-corrected chi connectivity index (χ4v) is 5.04. The molecule has 0 saturated carbocycles. The van der Waals surface area contributed by atoms with Gasteiger partial charge in [0.05, 0.1) is 10.6 Å². The number of hydrogen-bond acceptors (Lipinski definition) is 4. The van der Waals surface area contributed by atoms with Crippen molar-refractivity contribution >= 4 is 50.2 Å². The van der Waals surface area contributed by atoms with E-state index in [-0.39, 0.29) is 16.6 Å². The summed E-state index contributed by atoms with van der Waals surface area (Å²) in [5, 5.41) is 11.1. The Labute approximate surface area is 210 Å². The molecule has 3 nitrogen and oxygen atoms in total. The Hall–Kier alpha value is -2.82. The van der Waals surface area contributed by atoms with Crippen LogP contribution in [0.15, 0.2) is 93.7 Å². The van der Waals surface area contributed by atoms with Crippen LogP contribution < -0.4 is 0 Å². The predicted molar refractivity (Wildman–Crippen MR) is 145 cm³/mol. The maximum absolute atomic E-state index is 13.5. The number of azo groups is 1. The zero-order valence-electron chi connectivity index (χ0n) is 20.4. The van der Waals surface area contributed by atoms with E-state index in [4.69, 9.17) is 16.7 Å². The molecule has 0 aliphatic heterocycles. The van der Waals surface area contributed by atoms with Crippen LogP contribution in [0.2, 0.25) is 5.02 Å². The van der Waals surface area contributed by atoms with E-state index in [0.29, 0.717) is 5.02 Å². The van der Waals surface area contributed by atoms with Gasteiger partial charge in [-0.2, -0.15) is 5.11 Å². The smallest absolute Gasteiger partial charge is 0.186 e. The van der Waals surface area contributed by atoms with Gasteiger partial charge in [-0.05, 0) is 64.8 Å². The number of carbonyl (C=O) groups excluding carboxylic acids is 1. The molecule has 0 unspecified atom stereocenters. The van der Waals surface area contributed by atoms with Crippen molar-refractivity contribution in [2.24, 2.45) is 21.1 Å². The van der Waals surface area contributed by atoms with Crippen LogP contribution in [0.3, 0.4) is 0 Å². The van der Waals surface area contributed by atoms with Gasteiger partial charge in [0, 0.05) is 26.4 Å². The maximum Gasteiger partial charge on any atom is 0.186 e. The predicted octanol–water partition coefficient (Wildman–Crippen LogP) is 9.58. The van der Waals surface area contributed by atoms with Crippen LogP contribution in [0, 0.1) is 10.8 Å². The molecule has 174 valence electrons. The van der Waals surface area contributed by atoms with E-state index in [1.165, 1.54) is 4.70 Å². The number of Topliss-reactive ketones (excluding diaryl/α,β-unsaturated/α-hetero) is 1. The van der Waals surface area contributed by atoms with Gasteiger partial charge in [-0.15, -0.1) is 16.5 Å². The molecule has 1 heterocycles. The molecule has 0 bridgehead atoms. The van der Waals surface area contributed by atoms with E-state index in [2.05, 4.69) is 64.9 Å². The molecule has 1 aliphatic rings. The highest BCUT2D eigenvalue weighted by Crippen LogP contribution is 2.42. The number of nitrogens with zero attached hydrogens (tertiary/aromatic N) is 2. The number of halogens is 1. The molecule has 0 amide bonds. The van der Waals surface area contributed by atoms with E-state index in [1.54, 1.807) is 23.5 Å². The minimum absolute atomic E-state index is 0.106. The number of hydrogen-bond donors (Lipinski definition) is 0. The van der Waals surface area contributed by atoms with Crippen molar-refractivity contribution in [1.29, 1.82) is 0 Å². The first-order chi connectivity index (χ1) is 15.9. The molecular weight excluding hydrogens is 460 g/mol. The lowest BCUT2D eigenvalue weighted by molar-refractivity contribution is -0.114. The summed E-state index contributed by atoms with van der Waals surface area (Å²) in [4.78, 5) is 14.5. The molecule has 2 aromatic carbocycles. The van der Waals surface area contributed by atoms with Gasteiger partial charge >= 0.3 is 0 Å². The third-order valence-electron chi connectivity index (χ3n) is 5.73. The average molecular weight is 489 g/mol. The van der Waals surface area contributed by atoms with Gasteiger partial charge in [-0.1, -0.05) is 71.3 Å². The average Bonchev–Trinajstić information content (AvgIpc) is 3.18. The van der Waals surface area contributed by atoms with Crippen LogP contribution >= 0.6 is 22.9 Å². The topological polar surface area (TPSA) is 41.8 Å². The summed E-state index contributed by atoms with van der Waals surface area (Å²) in [7, 11) is 0. The summed E-state index contributed by atoms with van der Waals surface area (Å²) in [6.07, 6.45) is 4.00. The van der Waals surface area contributed by atoms with Gasteiger partial charge in [-0.3, -0.25) is 4.79 Å². The molecule has 0 N–H and O–H groups in total. The number of benzene rings is 2. The normalized spacial score (nSPS) is 15.1. The number of thiophene rings is 1. The molecule has 0 fully saturated rings. The first-order valence-corrected chi connectivity index (χ1v) is 12.5. The number of fused-ring (bicyclic) bond motifs is 1. The summed E-state index contributed by atoms with van der Waals surface area (Å²) in [6, 6.07) is 17.7. The number of allylic oxidation sites excluding steroid dienone is 5. The van der Waals surface area contributed by atoms with Crippen LogP contribution in [-0.4, -0.2) is 5.78 Å². The third-order valence-corrected chi connectivity index (χ3v) is 7.10. The van der Waals surface area contributed by atoms with Crippen molar-refractivity contribution < 1.29 is 4.79 Å². The second-order valence-electron chi connectivity index (χ2n) is 10.6. The lowest BCUT2D eigenvalue weighted by Gasteiger charge is -2.31. The highest BCUT2D eigenvalue weighted by atomic mass is 35.5. The van der Waals surface area contributed by atoms with Crippen LogP contribution in [0.25, 0.3) is 15.8 Å². The van der Waals surface area contributed by atoms with Gasteiger partial charge < -0.3 is 0 Å². The SMILES string of the molecule is CC(C)(C)C1=CC(=C(N=Nc2ccc(Cl)cc2)c2cc3ccccc3s2)C=C(C(C)(C)C)C1=O. The monoisotopic (exact) mass is 488 g/mol. The summed E-state index contributed by atoms with van der Waals surface area (Å²) < 4.78 is 1.18. The van der Waals surface area contributed by atoms with Crippen LogP contribution in [0.1, 0.15) is 46.4 Å². The highest BCUT2D eigenvalue weighted by molar-refractivity contribution is 7.20. The first-order valence-electron chi connectivity index (χ1n) is 11.3. The Bertz CT molecular complexity index is 1300. The van der Waals surface area contributed by atoms with Gasteiger partial charge in [0.1, 0.15) is 5.70 Å². The highest BCUT2D eigenvalue weighted by Gasteiger charge is 2.34. The zero-order chi connectivity index (χ0) is 24.7. The maximum atomic E-state index is 13.5. The Balaban J connectivity index is 1.98. The summed E-state index contributed by atoms with van der Waals surface area (Å²) in [6.45, 7) is 12.5. The minimum atomic E-state index is -0.300. The largest absolute Gasteiger partial charge is 0.289 e. The Morgan fingerprint density at radius 2 is 1.44 bits per heavy atom. The van der Waals surface area contributed by atoms with Gasteiger partial charge in [-0.25, -0.2) is 0 Å². The third kappa shape index (κ3) is 5.13. The summed E-state index contributed by atoms with van der Waals surface area (Å²) >= 11 is 7.72. The molecule has 4 rings (SSSR count). The Morgan fingerprint density at radius 3 is 2.00 bits per heavy atom. The second kappa shape index (κ2) is 9.09. The van der Waals surface area contributed by atoms with Crippen LogP contribution in [0.4, 0.5) is 5.69 Å². The van der Waals surface area contributed by atoms with Gasteiger partial charge in [0.2, 0.25) is 0 Å². The quantitative estimate of drug-likeness (QED) is 0.338. The van der Waals surface area contributed by atoms with Crippen LogP contribution in [-0.2, 0) is 4.79 Å². The van der Waals surface area contributed by atoms with E-state index < -0.39 is 0 Å². The van der Waals surface area contributed by atoms with Crippen molar-refractivity contribution in [2.75, 3.05) is 0 Å². The van der Waals surface area contributed by atoms with E-state index in [1.807, 2.05) is 36.4 Å². The van der Waals surface area contributed by atoms with Gasteiger partial charge in [0.15, 0.2) is 5.78 Å². The molecule has 0 saturated heterocycles. The van der Waals surface area contributed by atoms with Gasteiger partial charge in [0.25, 0.3) is 0 Å². The number of carbonyl (C=O) groups is 1. The molecule has 1 aromatic heterocycles. The van der Waals surface area contributed by atoms with Crippen LogP contribution in [0.5, 0.6) is 0 Å². The number of ketones is 1. The van der Waals surface area contributed by atoms with Crippen molar-refractivity contribution in [3.05, 3.63) is 93.4 Å². The van der Waals surface area contributed by atoms with Crippen molar-refractivity contribution in [1.82, 2.24) is 0 Å².